The van der Waals surface area contributed by atoms with Crippen LogP contribution in [-0.2, 0) is 4.79 Å². The summed E-state index contributed by atoms with van der Waals surface area (Å²) in [5, 5.41) is 7.06. The maximum atomic E-state index is 11.5. The minimum Gasteiger partial charge on any atom is -0.353 e. The van der Waals surface area contributed by atoms with E-state index in [1.165, 1.54) is 0 Å². The molecule has 2 rings (SSSR count). The van der Waals surface area contributed by atoms with Gasteiger partial charge in [0, 0.05) is 30.1 Å². The molecule has 1 fully saturated rings. The van der Waals surface area contributed by atoms with Crippen molar-refractivity contribution in [3.8, 4) is 0 Å². The molecule has 0 spiro atoms. The molecule has 1 atom stereocenters. The van der Waals surface area contributed by atoms with Gasteiger partial charge < -0.3 is 10.6 Å². The molecule has 1 aliphatic carbocycles. The van der Waals surface area contributed by atoms with Crippen molar-refractivity contribution in [2.24, 2.45) is 0 Å². The molecule has 18 heavy (non-hydrogen) atoms. The fourth-order valence-electron chi connectivity index (χ4n) is 1.87. The standard InChI is InChI=1S/C14H19ClN2O/c1-10(12-4-2-3-5-13(12)15)16-9-8-14(18)17-11-6-7-11/h2-5,10-11,16H,6-9H2,1H3,(H,17,18)/t10-/m1/s1. The fourth-order valence-corrected chi connectivity index (χ4v) is 2.17. The van der Waals surface area contributed by atoms with Crippen molar-refractivity contribution in [3.05, 3.63) is 34.9 Å². The van der Waals surface area contributed by atoms with Crippen LogP contribution >= 0.6 is 11.6 Å². The van der Waals surface area contributed by atoms with E-state index in [0.29, 0.717) is 19.0 Å². The molecule has 1 aromatic carbocycles. The quantitative estimate of drug-likeness (QED) is 0.831. The molecule has 0 heterocycles. The number of hydrogen-bond donors (Lipinski definition) is 2. The first-order valence-corrected chi connectivity index (χ1v) is 6.82. The number of benzene rings is 1. The van der Waals surface area contributed by atoms with E-state index in [1.807, 2.05) is 24.3 Å². The molecule has 4 heteroatoms. The number of carbonyl (C=O) groups is 1. The molecular weight excluding hydrogens is 248 g/mol. The number of carbonyl (C=O) groups excluding carboxylic acids is 1. The van der Waals surface area contributed by atoms with Crippen LogP contribution in [0.5, 0.6) is 0 Å². The average Bonchev–Trinajstić information content (AvgIpc) is 3.13. The number of halogens is 1. The lowest BCUT2D eigenvalue weighted by atomic mass is 10.1. The first kappa shape index (κ1) is 13.4. The minimum absolute atomic E-state index is 0.136. The zero-order valence-electron chi connectivity index (χ0n) is 10.6. The molecule has 2 N–H and O–H groups in total. The van der Waals surface area contributed by atoms with Gasteiger partial charge in [0.25, 0.3) is 0 Å². The molecule has 0 unspecified atom stereocenters. The summed E-state index contributed by atoms with van der Waals surface area (Å²) in [4.78, 5) is 11.5. The highest BCUT2D eigenvalue weighted by atomic mass is 35.5. The predicted octanol–water partition coefficient (Wildman–Crippen LogP) is 2.66. The molecule has 0 aliphatic heterocycles. The van der Waals surface area contributed by atoms with Gasteiger partial charge in [-0.1, -0.05) is 29.8 Å². The molecule has 0 saturated heterocycles. The molecule has 98 valence electrons. The zero-order valence-corrected chi connectivity index (χ0v) is 11.3. The molecule has 0 radical (unpaired) electrons. The van der Waals surface area contributed by atoms with E-state index < -0.39 is 0 Å². The van der Waals surface area contributed by atoms with Gasteiger partial charge in [0.15, 0.2) is 0 Å². The highest BCUT2D eigenvalue weighted by Gasteiger charge is 2.22. The summed E-state index contributed by atoms with van der Waals surface area (Å²) in [5.41, 5.74) is 1.07. The van der Waals surface area contributed by atoms with Gasteiger partial charge in [-0.3, -0.25) is 4.79 Å². The maximum absolute atomic E-state index is 11.5. The number of nitrogens with one attached hydrogen (secondary N) is 2. The van der Waals surface area contributed by atoms with Gasteiger partial charge in [-0.25, -0.2) is 0 Å². The van der Waals surface area contributed by atoms with Crippen molar-refractivity contribution in [1.29, 1.82) is 0 Å². The van der Waals surface area contributed by atoms with Crippen LogP contribution in [0.15, 0.2) is 24.3 Å². The first-order chi connectivity index (χ1) is 8.66. The Labute approximate surface area is 113 Å². The van der Waals surface area contributed by atoms with Crippen LogP contribution in [0.2, 0.25) is 5.02 Å². The summed E-state index contributed by atoms with van der Waals surface area (Å²) in [5.74, 6) is 0.136. The van der Waals surface area contributed by atoms with Gasteiger partial charge >= 0.3 is 0 Å². The van der Waals surface area contributed by atoms with Crippen LogP contribution in [0.1, 0.15) is 37.8 Å². The van der Waals surface area contributed by atoms with Crippen LogP contribution in [0.3, 0.4) is 0 Å². The van der Waals surface area contributed by atoms with Gasteiger partial charge in [-0.15, -0.1) is 0 Å². The van der Waals surface area contributed by atoms with Crippen LogP contribution in [0.4, 0.5) is 0 Å². The van der Waals surface area contributed by atoms with E-state index in [4.69, 9.17) is 11.6 Å². The monoisotopic (exact) mass is 266 g/mol. The van der Waals surface area contributed by atoms with Gasteiger partial charge in [-0.05, 0) is 31.4 Å². The highest BCUT2D eigenvalue weighted by molar-refractivity contribution is 6.31. The summed E-state index contributed by atoms with van der Waals surface area (Å²) < 4.78 is 0. The molecule has 1 aromatic rings. The van der Waals surface area contributed by atoms with Crippen LogP contribution in [0, 0.1) is 0 Å². The van der Waals surface area contributed by atoms with Crippen molar-refractivity contribution in [1.82, 2.24) is 10.6 Å². The van der Waals surface area contributed by atoms with Crippen molar-refractivity contribution in [3.63, 3.8) is 0 Å². The summed E-state index contributed by atoms with van der Waals surface area (Å²) in [6.07, 6.45) is 2.79. The Morgan fingerprint density at radius 2 is 2.17 bits per heavy atom. The summed E-state index contributed by atoms with van der Waals surface area (Å²) in [6, 6.07) is 8.38. The molecular formula is C14H19ClN2O. The summed E-state index contributed by atoms with van der Waals surface area (Å²) in [6.45, 7) is 2.73. The third kappa shape index (κ3) is 4.00. The zero-order chi connectivity index (χ0) is 13.0. The minimum atomic E-state index is 0.136. The van der Waals surface area contributed by atoms with E-state index >= 15 is 0 Å². The Bertz CT molecular complexity index is 418. The fraction of sp³-hybridized carbons (Fsp3) is 0.500. The third-order valence-electron chi connectivity index (χ3n) is 3.12. The molecule has 3 nitrogen and oxygen atoms in total. The van der Waals surface area contributed by atoms with Crippen LogP contribution < -0.4 is 10.6 Å². The van der Waals surface area contributed by atoms with E-state index in [2.05, 4.69) is 17.6 Å². The van der Waals surface area contributed by atoms with Crippen molar-refractivity contribution in [2.75, 3.05) is 6.54 Å². The summed E-state index contributed by atoms with van der Waals surface area (Å²) >= 11 is 6.12. The second kappa shape index (κ2) is 6.21. The molecule has 1 amide bonds. The van der Waals surface area contributed by atoms with Crippen LogP contribution in [-0.4, -0.2) is 18.5 Å². The lowest BCUT2D eigenvalue weighted by molar-refractivity contribution is -0.121. The second-order valence-corrected chi connectivity index (χ2v) is 5.20. The average molecular weight is 267 g/mol. The SMILES string of the molecule is C[C@@H](NCCC(=O)NC1CC1)c1ccccc1Cl. The van der Waals surface area contributed by atoms with Crippen LogP contribution in [0.25, 0.3) is 0 Å². The Morgan fingerprint density at radius 3 is 2.83 bits per heavy atom. The second-order valence-electron chi connectivity index (χ2n) is 4.79. The summed E-state index contributed by atoms with van der Waals surface area (Å²) in [7, 11) is 0. The number of hydrogen-bond acceptors (Lipinski definition) is 2. The first-order valence-electron chi connectivity index (χ1n) is 6.44. The maximum Gasteiger partial charge on any atom is 0.221 e. The van der Waals surface area contributed by atoms with Gasteiger partial charge in [-0.2, -0.15) is 0 Å². The van der Waals surface area contributed by atoms with Gasteiger partial charge in [0.05, 0.1) is 0 Å². The molecule has 0 bridgehead atoms. The Hall–Kier alpha value is -1.06. The topological polar surface area (TPSA) is 41.1 Å². The van der Waals surface area contributed by atoms with Crippen molar-refractivity contribution in [2.45, 2.75) is 38.3 Å². The lowest BCUT2D eigenvalue weighted by Crippen LogP contribution is -2.30. The van der Waals surface area contributed by atoms with E-state index in [-0.39, 0.29) is 11.9 Å². The lowest BCUT2D eigenvalue weighted by Gasteiger charge is -2.15. The van der Waals surface area contributed by atoms with Crippen molar-refractivity contribution >= 4 is 17.5 Å². The van der Waals surface area contributed by atoms with E-state index in [1.54, 1.807) is 0 Å². The Balaban J connectivity index is 1.72. The van der Waals surface area contributed by atoms with E-state index in [9.17, 15) is 4.79 Å². The number of amides is 1. The third-order valence-corrected chi connectivity index (χ3v) is 3.46. The molecule has 1 aliphatic rings. The number of rotatable bonds is 6. The molecule has 1 saturated carbocycles. The normalized spacial score (nSPS) is 16.3. The van der Waals surface area contributed by atoms with Crippen molar-refractivity contribution < 1.29 is 4.79 Å². The van der Waals surface area contributed by atoms with Gasteiger partial charge in [0.1, 0.15) is 0 Å². The van der Waals surface area contributed by atoms with E-state index in [0.717, 1.165) is 23.4 Å². The molecule has 0 aromatic heterocycles. The Kier molecular flexibility index (Phi) is 4.61. The smallest absolute Gasteiger partial charge is 0.221 e. The highest BCUT2D eigenvalue weighted by Crippen LogP contribution is 2.22. The largest absolute Gasteiger partial charge is 0.353 e. The van der Waals surface area contributed by atoms with Gasteiger partial charge in [0.2, 0.25) is 5.91 Å². The Morgan fingerprint density at radius 1 is 1.44 bits per heavy atom. The predicted molar refractivity (Wildman–Crippen MR) is 73.7 cm³/mol.